The van der Waals surface area contributed by atoms with E-state index in [9.17, 15) is 9.59 Å². The lowest BCUT2D eigenvalue weighted by atomic mass is 10.0. The smallest absolute Gasteiger partial charge is 0.254 e. The van der Waals surface area contributed by atoms with Crippen LogP contribution in [0.5, 0.6) is 0 Å². The molecule has 1 atom stereocenters. The molecule has 2 amide bonds. The maximum absolute atomic E-state index is 12.9. The summed E-state index contributed by atoms with van der Waals surface area (Å²) in [6.45, 7) is 4.89. The monoisotopic (exact) mass is 420 g/mol. The Morgan fingerprint density at radius 3 is 2.50 bits per heavy atom. The molecule has 1 aromatic heterocycles. The van der Waals surface area contributed by atoms with E-state index in [1.165, 1.54) is 16.9 Å². The molecule has 1 aliphatic heterocycles. The SMILES string of the molecule is CC(C)c1ccc(-c2nnc(NC(=O)[C@H]3CCCN3C(=O)c3ccccc3)s2)cc1. The average Bonchev–Trinajstić information content (AvgIpc) is 3.44. The second kappa shape index (κ2) is 8.75. The van der Waals surface area contributed by atoms with Crippen molar-refractivity contribution in [2.24, 2.45) is 0 Å². The number of nitrogens with zero attached hydrogens (tertiary/aromatic N) is 3. The van der Waals surface area contributed by atoms with Crippen molar-refractivity contribution >= 4 is 28.3 Å². The minimum absolute atomic E-state index is 0.114. The van der Waals surface area contributed by atoms with Gasteiger partial charge in [0.15, 0.2) is 0 Å². The van der Waals surface area contributed by atoms with Crippen LogP contribution in [0.3, 0.4) is 0 Å². The fourth-order valence-corrected chi connectivity index (χ4v) is 4.37. The molecule has 0 aliphatic carbocycles. The van der Waals surface area contributed by atoms with Crippen LogP contribution < -0.4 is 5.32 Å². The standard InChI is InChI=1S/C23H24N4O2S/c1-15(2)16-10-12-17(13-11-16)21-25-26-23(30-21)24-20(28)19-9-6-14-27(19)22(29)18-7-4-3-5-8-18/h3-5,7-8,10-13,15,19H,6,9,14H2,1-2H3,(H,24,26,28)/t19-/m1/s1. The lowest BCUT2D eigenvalue weighted by molar-refractivity contribution is -0.119. The molecule has 1 fully saturated rings. The van der Waals surface area contributed by atoms with Crippen LogP contribution in [-0.2, 0) is 4.79 Å². The van der Waals surface area contributed by atoms with Crippen LogP contribution >= 0.6 is 11.3 Å². The second-order valence-electron chi connectivity index (χ2n) is 7.70. The highest BCUT2D eigenvalue weighted by atomic mass is 32.1. The highest BCUT2D eigenvalue weighted by Gasteiger charge is 2.34. The van der Waals surface area contributed by atoms with Gasteiger partial charge in [-0.3, -0.25) is 14.9 Å². The number of hydrogen-bond acceptors (Lipinski definition) is 5. The van der Waals surface area contributed by atoms with E-state index in [0.29, 0.717) is 29.6 Å². The van der Waals surface area contributed by atoms with E-state index in [2.05, 4.69) is 41.5 Å². The third-order valence-corrected chi connectivity index (χ3v) is 6.20. The number of anilines is 1. The van der Waals surface area contributed by atoms with Crippen LogP contribution in [0.4, 0.5) is 5.13 Å². The summed E-state index contributed by atoms with van der Waals surface area (Å²) < 4.78 is 0. The minimum atomic E-state index is -0.490. The van der Waals surface area contributed by atoms with Gasteiger partial charge in [0.25, 0.3) is 5.91 Å². The van der Waals surface area contributed by atoms with E-state index < -0.39 is 6.04 Å². The molecule has 3 aromatic rings. The molecule has 1 saturated heterocycles. The number of carbonyl (C=O) groups excluding carboxylic acids is 2. The van der Waals surface area contributed by atoms with Gasteiger partial charge in [-0.25, -0.2) is 0 Å². The van der Waals surface area contributed by atoms with E-state index >= 15 is 0 Å². The summed E-state index contributed by atoms with van der Waals surface area (Å²) in [6.07, 6.45) is 1.45. The molecule has 0 unspecified atom stereocenters. The summed E-state index contributed by atoms with van der Waals surface area (Å²) in [5, 5.41) is 12.4. The van der Waals surface area contributed by atoms with Crippen molar-refractivity contribution in [1.82, 2.24) is 15.1 Å². The lowest BCUT2D eigenvalue weighted by Crippen LogP contribution is -2.43. The van der Waals surface area contributed by atoms with Gasteiger partial charge in [0.1, 0.15) is 11.0 Å². The van der Waals surface area contributed by atoms with Gasteiger partial charge in [-0.2, -0.15) is 0 Å². The number of benzene rings is 2. The first kappa shape index (κ1) is 20.2. The first-order valence-electron chi connectivity index (χ1n) is 10.1. The molecule has 7 heteroatoms. The molecule has 1 N–H and O–H groups in total. The fraction of sp³-hybridized carbons (Fsp3) is 0.304. The Balaban J connectivity index is 1.44. The number of nitrogens with one attached hydrogen (secondary N) is 1. The molecular weight excluding hydrogens is 396 g/mol. The van der Waals surface area contributed by atoms with Gasteiger partial charge in [0, 0.05) is 17.7 Å². The van der Waals surface area contributed by atoms with E-state index in [-0.39, 0.29) is 11.8 Å². The normalized spacial score (nSPS) is 16.1. The third kappa shape index (κ3) is 4.26. The van der Waals surface area contributed by atoms with E-state index in [4.69, 9.17) is 0 Å². The van der Waals surface area contributed by atoms with Gasteiger partial charge < -0.3 is 4.90 Å². The zero-order valence-electron chi connectivity index (χ0n) is 17.0. The first-order valence-corrected chi connectivity index (χ1v) is 11.0. The Kier molecular flexibility index (Phi) is 5.90. The topological polar surface area (TPSA) is 75.2 Å². The van der Waals surface area contributed by atoms with Crippen molar-refractivity contribution < 1.29 is 9.59 Å². The van der Waals surface area contributed by atoms with Gasteiger partial charge in [-0.15, -0.1) is 10.2 Å². The number of amides is 2. The van der Waals surface area contributed by atoms with E-state index in [1.807, 2.05) is 30.3 Å². The summed E-state index contributed by atoms with van der Waals surface area (Å²) in [4.78, 5) is 27.3. The van der Waals surface area contributed by atoms with Crippen LogP contribution in [-0.4, -0.2) is 39.5 Å². The predicted molar refractivity (Wildman–Crippen MR) is 119 cm³/mol. The van der Waals surface area contributed by atoms with Crippen molar-refractivity contribution in [2.45, 2.75) is 38.6 Å². The number of rotatable bonds is 5. The Morgan fingerprint density at radius 1 is 1.07 bits per heavy atom. The lowest BCUT2D eigenvalue weighted by Gasteiger charge is -2.23. The Hall–Kier alpha value is -3.06. The van der Waals surface area contributed by atoms with Crippen molar-refractivity contribution in [2.75, 3.05) is 11.9 Å². The summed E-state index contributed by atoms with van der Waals surface area (Å²) in [7, 11) is 0. The molecule has 4 rings (SSSR count). The van der Waals surface area contributed by atoms with Gasteiger partial charge in [-0.05, 0) is 36.5 Å². The molecule has 154 valence electrons. The highest BCUT2D eigenvalue weighted by molar-refractivity contribution is 7.18. The van der Waals surface area contributed by atoms with Crippen LogP contribution in [0.25, 0.3) is 10.6 Å². The average molecular weight is 421 g/mol. The van der Waals surface area contributed by atoms with Crippen molar-refractivity contribution in [3.05, 3.63) is 65.7 Å². The summed E-state index contributed by atoms with van der Waals surface area (Å²) >= 11 is 1.34. The van der Waals surface area contributed by atoms with Gasteiger partial charge in [-0.1, -0.05) is 67.6 Å². The molecule has 1 aliphatic rings. The molecule has 0 saturated carbocycles. The largest absolute Gasteiger partial charge is 0.327 e. The number of aromatic nitrogens is 2. The van der Waals surface area contributed by atoms with Gasteiger partial charge in [0.2, 0.25) is 11.0 Å². The van der Waals surface area contributed by atoms with Crippen LogP contribution in [0, 0.1) is 0 Å². The first-order chi connectivity index (χ1) is 14.5. The van der Waals surface area contributed by atoms with Gasteiger partial charge >= 0.3 is 0 Å². The molecule has 2 aromatic carbocycles. The number of likely N-dealkylation sites (tertiary alicyclic amines) is 1. The molecule has 2 heterocycles. The number of carbonyl (C=O) groups is 2. The van der Waals surface area contributed by atoms with Gasteiger partial charge in [0.05, 0.1) is 0 Å². The molecule has 6 nitrogen and oxygen atoms in total. The quantitative estimate of drug-likeness (QED) is 0.656. The number of hydrogen-bond donors (Lipinski definition) is 1. The Morgan fingerprint density at radius 2 is 1.80 bits per heavy atom. The van der Waals surface area contributed by atoms with Crippen LogP contribution in [0.1, 0.15) is 48.5 Å². The predicted octanol–water partition coefficient (Wildman–Crippen LogP) is 4.57. The Bertz CT molecular complexity index is 1030. The molecule has 0 bridgehead atoms. The third-order valence-electron chi connectivity index (χ3n) is 5.32. The van der Waals surface area contributed by atoms with E-state index in [0.717, 1.165) is 17.0 Å². The van der Waals surface area contributed by atoms with Crippen LogP contribution in [0.15, 0.2) is 54.6 Å². The maximum Gasteiger partial charge on any atom is 0.254 e. The Labute approximate surface area is 180 Å². The second-order valence-corrected chi connectivity index (χ2v) is 8.68. The summed E-state index contributed by atoms with van der Waals surface area (Å²) in [6, 6.07) is 16.8. The van der Waals surface area contributed by atoms with Crippen molar-refractivity contribution in [3.8, 4) is 10.6 Å². The highest BCUT2D eigenvalue weighted by Crippen LogP contribution is 2.29. The van der Waals surface area contributed by atoms with Crippen LogP contribution in [0.2, 0.25) is 0 Å². The summed E-state index contributed by atoms with van der Waals surface area (Å²) in [5.74, 6) is 0.141. The minimum Gasteiger partial charge on any atom is -0.327 e. The van der Waals surface area contributed by atoms with Crippen molar-refractivity contribution in [3.63, 3.8) is 0 Å². The van der Waals surface area contributed by atoms with Crippen molar-refractivity contribution in [1.29, 1.82) is 0 Å². The molecule has 30 heavy (non-hydrogen) atoms. The summed E-state index contributed by atoms with van der Waals surface area (Å²) in [5.41, 5.74) is 2.83. The molecule has 0 radical (unpaired) electrons. The molecule has 0 spiro atoms. The zero-order chi connectivity index (χ0) is 21.1. The zero-order valence-corrected chi connectivity index (χ0v) is 17.9. The maximum atomic E-state index is 12.9. The fourth-order valence-electron chi connectivity index (χ4n) is 3.62. The molecular formula is C23H24N4O2S. The van der Waals surface area contributed by atoms with E-state index in [1.54, 1.807) is 17.0 Å².